The summed E-state index contributed by atoms with van der Waals surface area (Å²) >= 11 is 0. The summed E-state index contributed by atoms with van der Waals surface area (Å²) in [7, 11) is 1.75. The molecule has 5 nitrogen and oxygen atoms in total. The highest BCUT2D eigenvalue weighted by atomic mass is 16.2. The average molecular weight is 343 g/mol. The fourth-order valence-corrected chi connectivity index (χ4v) is 3.16. The van der Waals surface area contributed by atoms with E-state index in [2.05, 4.69) is 6.92 Å². The van der Waals surface area contributed by atoms with Gasteiger partial charge in [0.25, 0.3) is 5.56 Å². The molecule has 25 heavy (non-hydrogen) atoms. The van der Waals surface area contributed by atoms with E-state index in [1.807, 2.05) is 43.9 Å². The summed E-state index contributed by atoms with van der Waals surface area (Å²) < 4.78 is 1.60. The summed E-state index contributed by atoms with van der Waals surface area (Å²) in [4.78, 5) is 32.2. The molecule has 1 aromatic heterocycles. The van der Waals surface area contributed by atoms with Crippen molar-refractivity contribution in [2.24, 2.45) is 13.0 Å². The number of para-hydroxylation sites is 1. The van der Waals surface area contributed by atoms with Crippen LogP contribution in [-0.2, 0) is 11.8 Å². The van der Waals surface area contributed by atoms with Gasteiger partial charge in [0, 0.05) is 19.5 Å². The minimum absolute atomic E-state index is 0.0634. The fraction of sp³-hybridized carbons (Fsp3) is 0.550. The molecule has 0 aliphatic rings. The lowest BCUT2D eigenvalue weighted by Crippen LogP contribution is -2.40. The Balaban J connectivity index is 2.57. The van der Waals surface area contributed by atoms with Crippen molar-refractivity contribution in [3.63, 3.8) is 0 Å². The number of amides is 1. The molecule has 0 fully saturated rings. The van der Waals surface area contributed by atoms with Crippen molar-refractivity contribution in [1.82, 2.24) is 14.5 Å². The van der Waals surface area contributed by atoms with Crippen LogP contribution in [0.5, 0.6) is 0 Å². The standard InChI is InChI=1S/C20H29N3O2/c1-6-8-13-23(19(24)14(3)4)17(7-2)18-21-16-12-10-9-11-15(16)20(25)22(18)5/h9-12,14,17H,6-8,13H2,1-5H3. The van der Waals surface area contributed by atoms with Gasteiger partial charge in [-0.15, -0.1) is 0 Å². The van der Waals surface area contributed by atoms with E-state index in [1.54, 1.807) is 17.7 Å². The number of unbranched alkanes of at least 4 members (excludes halogenated alkanes) is 1. The van der Waals surface area contributed by atoms with Crippen molar-refractivity contribution in [2.75, 3.05) is 6.54 Å². The van der Waals surface area contributed by atoms with Crippen LogP contribution in [-0.4, -0.2) is 26.9 Å². The largest absolute Gasteiger partial charge is 0.332 e. The van der Waals surface area contributed by atoms with Gasteiger partial charge in [-0.05, 0) is 25.0 Å². The summed E-state index contributed by atoms with van der Waals surface area (Å²) in [5.74, 6) is 0.697. The van der Waals surface area contributed by atoms with Gasteiger partial charge >= 0.3 is 0 Å². The highest BCUT2D eigenvalue weighted by molar-refractivity contribution is 5.79. The summed E-state index contributed by atoms with van der Waals surface area (Å²) in [5.41, 5.74) is 0.623. The SMILES string of the molecule is CCCCN(C(=O)C(C)C)C(CC)c1nc2ccccc2c(=O)n1C. The molecule has 0 aliphatic carbocycles. The summed E-state index contributed by atoms with van der Waals surface area (Å²) in [5, 5.41) is 0.610. The number of aromatic nitrogens is 2. The molecule has 0 saturated heterocycles. The Kier molecular flexibility index (Phi) is 6.34. The first-order valence-electron chi connectivity index (χ1n) is 9.18. The number of carbonyl (C=O) groups excluding carboxylic acids is 1. The maximum Gasteiger partial charge on any atom is 0.261 e. The van der Waals surface area contributed by atoms with Crippen LogP contribution in [0.1, 0.15) is 58.8 Å². The van der Waals surface area contributed by atoms with Crippen molar-refractivity contribution in [1.29, 1.82) is 0 Å². The molecule has 0 aliphatic heterocycles. The van der Waals surface area contributed by atoms with Crippen molar-refractivity contribution < 1.29 is 4.79 Å². The molecule has 2 aromatic rings. The molecule has 0 N–H and O–H groups in total. The van der Waals surface area contributed by atoms with Gasteiger partial charge in [-0.25, -0.2) is 4.98 Å². The van der Waals surface area contributed by atoms with E-state index >= 15 is 0 Å². The lowest BCUT2D eigenvalue weighted by molar-refractivity contribution is -0.137. The smallest absolute Gasteiger partial charge is 0.261 e. The summed E-state index contributed by atoms with van der Waals surface area (Å²) in [6.07, 6.45) is 2.68. The number of nitrogens with zero attached hydrogens (tertiary/aromatic N) is 3. The van der Waals surface area contributed by atoms with Crippen molar-refractivity contribution >= 4 is 16.8 Å². The summed E-state index contributed by atoms with van der Waals surface area (Å²) in [6, 6.07) is 7.19. The third-order valence-corrected chi connectivity index (χ3v) is 4.61. The Bertz CT molecular complexity index is 795. The van der Waals surface area contributed by atoms with E-state index in [0.29, 0.717) is 23.3 Å². The molecule has 5 heteroatoms. The van der Waals surface area contributed by atoms with Crippen LogP contribution < -0.4 is 5.56 Å². The molecule has 1 unspecified atom stereocenters. The molecule has 0 saturated carbocycles. The third kappa shape index (κ3) is 3.91. The van der Waals surface area contributed by atoms with Crippen LogP contribution in [0.15, 0.2) is 29.1 Å². The fourth-order valence-electron chi connectivity index (χ4n) is 3.16. The van der Waals surface area contributed by atoms with Crippen LogP contribution in [0.4, 0.5) is 0 Å². The topological polar surface area (TPSA) is 55.2 Å². The van der Waals surface area contributed by atoms with E-state index < -0.39 is 0 Å². The van der Waals surface area contributed by atoms with E-state index in [9.17, 15) is 9.59 Å². The van der Waals surface area contributed by atoms with Crippen LogP contribution in [0.3, 0.4) is 0 Å². The van der Waals surface area contributed by atoms with E-state index in [0.717, 1.165) is 19.3 Å². The second kappa shape index (κ2) is 8.28. The van der Waals surface area contributed by atoms with Crippen LogP contribution in [0.25, 0.3) is 10.9 Å². The molecule has 0 radical (unpaired) electrons. The van der Waals surface area contributed by atoms with Crippen molar-refractivity contribution in [3.05, 3.63) is 40.4 Å². The molecule has 2 rings (SSSR count). The quantitative estimate of drug-likeness (QED) is 0.771. The molecule has 0 bridgehead atoms. The minimum Gasteiger partial charge on any atom is -0.332 e. The normalized spacial score (nSPS) is 12.6. The number of hydrogen-bond acceptors (Lipinski definition) is 3. The molecule has 1 amide bonds. The maximum absolute atomic E-state index is 12.8. The molecular weight excluding hydrogens is 314 g/mol. The second-order valence-corrected chi connectivity index (χ2v) is 6.82. The van der Waals surface area contributed by atoms with Crippen LogP contribution in [0.2, 0.25) is 0 Å². The molecule has 1 aromatic carbocycles. The Labute approximate surface area is 149 Å². The Morgan fingerprint density at radius 2 is 1.92 bits per heavy atom. The van der Waals surface area contributed by atoms with Gasteiger partial charge in [0.1, 0.15) is 5.82 Å². The molecule has 1 heterocycles. The highest BCUT2D eigenvalue weighted by Gasteiger charge is 2.28. The maximum atomic E-state index is 12.8. The van der Waals surface area contributed by atoms with E-state index in [-0.39, 0.29) is 23.4 Å². The van der Waals surface area contributed by atoms with Gasteiger partial charge in [-0.3, -0.25) is 14.2 Å². The Hall–Kier alpha value is -2.17. The zero-order chi connectivity index (χ0) is 18.6. The zero-order valence-electron chi connectivity index (χ0n) is 16.0. The molecule has 0 spiro atoms. The first-order chi connectivity index (χ1) is 11.9. The molecular formula is C20H29N3O2. The lowest BCUT2D eigenvalue weighted by Gasteiger charge is -2.33. The number of rotatable bonds is 7. The first-order valence-corrected chi connectivity index (χ1v) is 9.18. The molecule has 136 valence electrons. The predicted octanol–water partition coefficient (Wildman–Crippen LogP) is 3.67. The monoisotopic (exact) mass is 343 g/mol. The van der Waals surface area contributed by atoms with Gasteiger partial charge < -0.3 is 4.90 Å². The highest BCUT2D eigenvalue weighted by Crippen LogP contribution is 2.25. The van der Waals surface area contributed by atoms with Crippen molar-refractivity contribution in [2.45, 2.75) is 53.0 Å². The van der Waals surface area contributed by atoms with Gasteiger partial charge in [0.05, 0.1) is 16.9 Å². The van der Waals surface area contributed by atoms with Gasteiger partial charge in [0.2, 0.25) is 5.91 Å². The Morgan fingerprint density at radius 1 is 1.24 bits per heavy atom. The Morgan fingerprint density at radius 3 is 2.52 bits per heavy atom. The van der Waals surface area contributed by atoms with Gasteiger partial charge in [0.15, 0.2) is 0 Å². The average Bonchev–Trinajstić information content (AvgIpc) is 2.61. The van der Waals surface area contributed by atoms with E-state index in [4.69, 9.17) is 4.98 Å². The predicted molar refractivity (Wildman–Crippen MR) is 101 cm³/mol. The van der Waals surface area contributed by atoms with Gasteiger partial charge in [-0.2, -0.15) is 0 Å². The van der Waals surface area contributed by atoms with Crippen LogP contribution >= 0.6 is 0 Å². The first kappa shape index (κ1) is 19.2. The number of carbonyl (C=O) groups is 1. The van der Waals surface area contributed by atoms with Crippen molar-refractivity contribution in [3.8, 4) is 0 Å². The number of fused-ring (bicyclic) bond motifs is 1. The minimum atomic E-state index is -0.191. The number of benzene rings is 1. The number of hydrogen-bond donors (Lipinski definition) is 0. The second-order valence-electron chi connectivity index (χ2n) is 6.82. The lowest BCUT2D eigenvalue weighted by atomic mass is 10.1. The molecule has 1 atom stereocenters. The summed E-state index contributed by atoms with van der Waals surface area (Å²) in [6.45, 7) is 8.68. The van der Waals surface area contributed by atoms with Crippen LogP contribution in [0, 0.1) is 5.92 Å². The van der Waals surface area contributed by atoms with Gasteiger partial charge in [-0.1, -0.05) is 46.2 Å². The zero-order valence-corrected chi connectivity index (χ0v) is 16.0. The third-order valence-electron chi connectivity index (χ3n) is 4.61. The van der Waals surface area contributed by atoms with E-state index in [1.165, 1.54) is 0 Å².